The number of carbonyl (C=O) groups excluding carboxylic acids is 2. The number of hydrogen-bond donors (Lipinski definition) is 2. The minimum atomic E-state index is -0.257. The third-order valence-corrected chi connectivity index (χ3v) is 4.04. The number of aromatic nitrogens is 1. The summed E-state index contributed by atoms with van der Waals surface area (Å²) < 4.78 is 0. The van der Waals surface area contributed by atoms with E-state index in [0.29, 0.717) is 10.7 Å². The third-order valence-electron chi connectivity index (χ3n) is 3.13. The number of rotatable bonds is 3. The summed E-state index contributed by atoms with van der Waals surface area (Å²) in [5.41, 5.74) is 3.82. The van der Waals surface area contributed by atoms with Crippen molar-refractivity contribution in [2.75, 3.05) is 5.43 Å². The van der Waals surface area contributed by atoms with E-state index in [1.165, 1.54) is 16.2 Å². The highest BCUT2D eigenvalue weighted by molar-refractivity contribution is 7.15. The summed E-state index contributed by atoms with van der Waals surface area (Å²) in [6.45, 7) is 0.228. The number of nitrogens with one attached hydrogen (secondary N) is 1. The molecule has 1 aromatic carbocycles. The zero-order valence-corrected chi connectivity index (χ0v) is 11.3. The summed E-state index contributed by atoms with van der Waals surface area (Å²) in [4.78, 5) is 30.5. The van der Waals surface area contributed by atoms with Crippen molar-refractivity contribution in [2.24, 2.45) is 5.84 Å². The quantitative estimate of drug-likeness (QED) is 0.502. The van der Waals surface area contributed by atoms with Gasteiger partial charge in [-0.15, -0.1) is 0 Å². The zero-order chi connectivity index (χ0) is 14.1. The van der Waals surface area contributed by atoms with Crippen molar-refractivity contribution in [3.05, 3.63) is 46.5 Å². The smallest absolute Gasteiger partial charge is 0.261 e. The fourth-order valence-corrected chi connectivity index (χ4v) is 2.87. The maximum Gasteiger partial charge on any atom is 0.261 e. The second kappa shape index (κ2) is 5.03. The lowest BCUT2D eigenvalue weighted by atomic mass is 9.98. The molecule has 1 aromatic heterocycles. The van der Waals surface area contributed by atoms with Gasteiger partial charge in [0.1, 0.15) is 0 Å². The molecule has 0 radical (unpaired) electrons. The van der Waals surface area contributed by atoms with Crippen LogP contribution in [0, 0.1) is 0 Å². The second-order valence-corrected chi connectivity index (χ2v) is 5.51. The SMILES string of the molecule is NNc1ncc(CN2C(=O)Cc3ccccc3C2=O)s1. The Hall–Kier alpha value is -2.25. The van der Waals surface area contributed by atoms with Crippen molar-refractivity contribution < 1.29 is 9.59 Å². The molecule has 0 saturated heterocycles. The molecule has 3 rings (SSSR count). The topological polar surface area (TPSA) is 88.3 Å². The molecule has 7 heteroatoms. The van der Waals surface area contributed by atoms with Gasteiger partial charge in [-0.2, -0.15) is 0 Å². The van der Waals surface area contributed by atoms with Crippen molar-refractivity contribution in [2.45, 2.75) is 13.0 Å². The Kier molecular flexibility index (Phi) is 3.21. The Labute approximate surface area is 119 Å². The van der Waals surface area contributed by atoms with Gasteiger partial charge in [0.15, 0.2) is 5.13 Å². The molecule has 2 amide bonds. The lowest BCUT2D eigenvalue weighted by Gasteiger charge is -2.26. The summed E-state index contributed by atoms with van der Waals surface area (Å²) in [5.74, 6) is 4.82. The molecule has 6 nitrogen and oxygen atoms in total. The first kappa shape index (κ1) is 12.8. The maximum atomic E-state index is 12.4. The number of nitrogens with zero attached hydrogens (tertiary/aromatic N) is 2. The molecule has 2 aromatic rings. The first-order chi connectivity index (χ1) is 9.69. The number of amides is 2. The number of imide groups is 1. The molecular weight excluding hydrogens is 276 g/mol. The molecule has 1 aliphatic heterocycles. The van der Waals surface area contributed by atoms with Crippen LogP contribution < -0.4 is 11.3 Å². The van der Waals surface area contributed by atoms with E-state index in [1.54, 1.807) is 18.3 Å². The number of benzene rings is 1. The Balaban J connectivity index is 1.87. The van der Waals surface area contributed by atoms with Crippen molar-refractivity contribution in [1.82, 2.24) is 9.88 Å². The van der Waals surface area contributed by atoms with Gasteiger partial charge in [-0.1, -0.05) is 29.5 Å². The van der Waals surface area contributed by atoms with Crippen LogP contribution in [0.25, 0.3) is 0 Å². The monoisotopic (exact) mass is 288 g/mol. The van der Waals surface area contributed by atoms with Crippen LogP contribution in [0.1, 0.15) is 20.8 Å². The van der Waals surface area contributed by atoms with Gasteiger partial charge in [-0.05, 0) is 11.6 Å². The molecule has 0 spiro atoms. The van der Waals surface area contributed by atoms with Crippen molar-refractivity contribution in [3.8, 4) is 0 Å². The summed E-state index contributed by atoms with van der Waals surface area (Å²) in [7, 11) is 0. The van der Waals surface area contributed by atoms with Crippen LogP contribution in [-0.2, 0) is 17.8 Å². The highest BCUT2D eigenvalue weighted by atomic mass is 32.1. The zero-order valence-electron chi connectivity index (χ0n) is 10.5. The van der Waals surface area contributed by atoms with E-state index in [-0.39, 0.29) is 24.8 Å². The summed E-state index contributed by atoms with van der Waals surface area (Å²) in [6, 6.07) is 7.19. The van der Waals surface area contributed by atoms with Crippen LogP contribution in [0.3, 0.4) is 0 Å². The number of thiazole rings is 1. The van der Waals surface area contributed by atoms with Gasteiger partial charge in [0.05, 0.1) is 13.0 Å². The fourth-order valence-electron chi connectivity index (χ4n) is 2.16. The number of fused-ring (bicyclic) bond motifs is 1. The van der Waals surface area contributed by atoms with Gasteiger partial charge >= 0.3 is 0 Å². The molecule has 3 N–H and O–H groups in total. The Morgan fingerprint density at radius 1 is 1.35 bits per heavy atom. The minimum absolute atomic E-state index is 0.190. The number of carbonyl (C=O) groups is 2. The molecule has 1 aliphatic rings. The van der Waals surface area contributed by atoms with Crippen LogP contribution in [0.15, 0.2) is 30.5 Å². The minimum Gasteiger partial charge on any atom is -0.300 e. The average Bonchev–Trinajstić information content (AvgIpc) is 2.91. The molecule has 2 heterocycles. The molecule has 102 valence electrons. The van der Waals surface area contributed by atoms with E-state index < -0.39 is 0 Å². The van der Waals surface area contributed by atoms with E-state index in [1.807, 2.05) is 12.1 Å². The average molecular weight is 288 g/mol. The summed E-state index contributed by atoms with van der Waals surface area (Å²) in [6.07, 6.45) is 1.86. The van der Waals surface area contributed by atoms with Gasteiger partial charge < -0.3 is 0 Å². The fraction of sp³-hybridized carbons (Fsp3) is 0.154. The predicted molar refractivity (Wildman–Crippen MR) is 75.0 cm³/mol. The molecule has 0 atom stereocenters. The highest BCUT2D eigenvalue weighted by Gasteiger charge is 2.30. The number of nitrogens with two attached hydrogens (primary N) is 1. The number of anilines is 1. The van der Waals surface area contributed by atoms with Crippen molar-refractivity contribution in [1.29, 1.82) is 0 Å². The van der Waals surface area contributed by atoms with E-state index in [0.717, 1.165) is 10.4 Å². The maximum absolute atomic E-state index is 12.4. The van der Waals surface area contributed by atoms with E-state index in [2.05, 4.69) is 10.4 Å². The van der Waals surface area contributed by atoms with Crippen LogP contribution in [0.2, 0.25) is 0 Å². The third kappa shape index (κ3) is 2.17. The number of hydrazine groups is 1. The van der Waals surface area contributed by atoms with E-state index in [4.69, 9.17) is 5.84 Å². The normalized spacial score (nSPS) is 14.3. The standard InChI is InChI=1S/C13H12N4O2S/c14-16-13-15-6-9(20-13)7-17-11(18)5-8-3-1-2-4-10(8)12(17)19/h1-4,6H,5,7,14H2,(H,15,16). The van der Waals surface area contributed by atoms with Gasteiger partial charge in [0, 0.05) is 16.6 Å². The molecule has 0 bridgehead atoms. The van der Waals surface area contributed by atoms with Crippen molar-refractivity contribution >= 4 is 28.3 Å². The van der Waals surface area contributed by atoms with E-state index >= 15 is 0 Å². The number of nitrogen functional groups attached to an aromatic ring is 1. The first-order valence-electron chi connectivity index (χ1n) is 6.03. The van der Waals surface area contributed by atoms with Crippen LogP contribution in [0.5, 0.6) is 0 Å². The predicted octanol–water partition coefficient (Wildman–Crippen LogP) is 1.15. The lowest BCUT2D eigenvalue weighted by molar-refractivity contribution is -0.128. The Morgan fingerprint density at radius 3 is 2.90 bits per heavy atom. The molecule has 0 saturated carbocycles. The molecular formula is C13H12N4O2S. The van der Waals surface area contributed by atoms with Crippen LogP contribution >= 0.6 is 11.3 Å². The van der Waals surface area contributed by atoms with E-state index in [9.17, 15) is 9.59 Å². The van der Waals surface area contributed by atoms with Gasteiger partial charge in [0.25, 0.3) is 5.91 Å². The Bertz CT molecular complexity index is 683. The highest BCUT2D eigenvalue weighted by Crippen LogP contribution is 2.24. The molecule has 0 aliphatic carbocycles. The molecule has 20 heavy (non-hydrogen) atoms. The van der Waals surface area contributed by atoms with Crippen LogP contribution in [0.4, 0.5) is 5.13 Å². The summed E-state index contributed by atoms with van der Waals surface area (Å²) in [5, 5.41) is 0.553. The van der Waals surface area contributed by atoms with Gasteiger partial charge in [0.2, 0.25) is 5.91 Å². The lowest BCUT2D eigenvalue weighted by Crippen LogP contribution is -2.41. The Morgan fingerprint density at radius 2 is 2.15 bits per heavy atom. The first-order valence-corrected chi connectivity index (χ1v) is 6.84. The molecule has 0 fully saturated rings. The van der Waals surface area contributed by atoms with Crippen LogP contribution in [-0.4, -0.2) is 21.7 Å². The van der Waals surface area contributed by atoms with Crippen molar-refractivity contribution in [3.63, 3.8) is 0 Å². The van der Waals surface area contributed by atoms with Gasteiger partial charge in [-0.3, -0.25) is 19.9 Å². The summed E-state index contributed by atoms with van der Waals surface area (Å²) >= 11 is 1.32. The molecule has 0 unspecified atom stereocenters. The number of hydrogen-bond acceptors (Lipinski definition) is 6. The largest absolute Gasteiger partial charge is 0.300 e. The second-order valence-electron chi connectivity index (χ2n) is 4.40. The van der Waals surface area contributed by atoms with Gasteiger partial charge in [-0.25, -0.2) is 10.8 Å².